The average molecular weight is 385 g/mol. The van der Waals surface area contributed by atoms with E-state index in [1.807, 2.05) is 6.92 Å². The summed E-state index contributed by atoms with van der Waals surface area (Å²) in [6.45, 7) is 6.43. The molecule has 0 bridgehead atoms. The summed E-state index contributed by atoms with van der Waals surface area (Å²) in [7, 11) is -3.58. The highest BCUT2D eigenvalue weighted by Gasteiger charge is 2.21. The van der Waals surface area contributed by atoms with E-state index in [1.54, 1.807) is 24.3 Å². The van der Waals surface area contributed by atoms with Crippen LogP contribution in [0.2, 0.25) is 0 Å². The monoisotopic (exact) mass is 385 g/mol. The van der Waals surface area contributed by atoms with Crippen molar-refractivity contribution in [1.82, 2.24) is 10.2 Å². The van der Waals surface area contributed by atoms with Crippen LogP contribution in [0.4, 0.5) is 5.69 Å². The van der Waals surface area contributed by atoms with Crippen molar-refractivity contribution in [2.75, 3.05) is 63.1 Å². The minimum Gasteiger partial charge on any atom is -0.494 e. The number of amides is 1. The third-order valence-electron chi connectivity index (χ3n) is 3.98. The molecule has 1 aromatic carbocycles. The van der Waals surface area contributed by atoms with Gasteiger partial charge >= 0.3 is 0 Å². The smallest absolute Gasteiger partial charge is 0.240 e. The van der Waals surface area contributed by atoms with Crippen LogP contribution < -0.4 is 14.4 Å². The van der Waals surface area contributed by atoms with Gasteiger partial charge in [-0.05, 0) is 31.2 Å². The number of anilines is 1. The van der Waals surface area contributed by atoms with Gasteiger partial charge in [0.15, 0.2) is 0 Å². The number of carbonyl (C=O) groups excluding carboxylic acids is 1. The number of rotatable bonds is 9. The Morgan fingerprint density at radius 1 is 1.27 bits per heavy atom. The largest absolute Gasteiger partial charge is 0.494 e. The molecule has 1 N–H and O–H groups in total. The van der Waals surface area contributed by atoms with Crippen molar-refractivity contribution in [3.63, 3.8) is 0 Å². The van der Waals surface area contributed by atoms with E-state index in [-0.39, 0.29) is 12.5 Å². The zero-order valence-corrected chi connectivity index (χ0v) is 16.1. The number of hydrogen-bond donors (Lipinski definition) is 1. The molecule has 146 valence electrons. The standard InChI is InChI=1S/C17H27N3O5S/c1-3-25-16-6-4-15(5-7-16)20(26(2,22)23)14-17(21)18-8-9-19-10-12-24-13-11-19/h4-7H,3,8-14H2,1-2H3,(H,18,21). The zero-order valence-electron chi connectivity index (χ0n) is 15.3. The lowest BCUT2D eigenvalue weighted by atomic mass is 10.3. The molecule has 1 aliphatic rings. The molecule has 9 heteroatoms. The van der Waals surface area contributed by atoms with Crippen molar-refractivity contribution < 1.29 is 22.7 Å². The van der Waals surface area contributed by atoms with E-state index in [0.29, 0.717) is 37.8 Å². The molecule has 26 heavy (non-hydrogen) atoms. The van der Waals surface area contributed by atoms with Crippen molar-refractivity contribution >= 4 is 21.6 Å². The summed E-state index contributed by atoms with van der Waals surface area (Å²) in [5.74, 6) is 0.317. The van der Waals surface area contributed by atoms with Gasteiger partial charge in [-0.25, -0.2) is 8.42 Å². The van der Waals surface area contributed by atoms with Crippen LogP contribution in [0.3, 0.4) is 0 Å². The van der Waals surface area contributed by atoms with Gasteiger partial charge in [-0.2, -0.15) is 0 Å². The molecular formula is C17H27N3O5S. The van der Waals surface area contributed by atoms with Crippen molar-refractivity contribution in [1.29, 1.82) is 0 Å². The molecule has 1 aliphatic heterocycles. The molecule has 2 rings (SSSR count). The normalized spacial score (nSPS) is 15.5. The Morgan fingerprint density at radius 2 is 1.92 bits per heavy atom. The van der Waals surface area contributed by atoms with Gasteiger partial charge in [0.25, 0.3) is 0 Å². The number of benzene rings is 1. The lowest BCUT2D eigenvalue weighted by Gasteiger charge is -2.27. The molecule has 1 amide bonds. The van der Waals surface area contributed by atoms with Gasteiger partial charge in [-0.15, -0.1) is 0 Å². The first kappa shape index (κ1) is 20.5. The van der Waals surface area contributed by atoms with Crippen LogP contribution in [0, 0.1) is 0 Å². The second-order valence-electron chi connectivity index (χ2n) is 6.00. The molecule has 0 aromatic heterocycles. The number of carbonyl (C=O) groups is 1. The molecule has 1 fully saturated rings. The average Bonchev–Trinajstić information content (AvgIpc) is 2.61. The van der Waals surface area contributed by atoms with Crippen LogP contribution in [-0.4, -0.2) is 78.0 Å². The van der Waals surface area contributed by atoms with Crippen molar-refractivity contribution in [3.8, 4) is 5.75 Å². The highest BCUT2D eigenvalue weighted by atomic mass is 32.2. The van der Waals surface area contributed by atoms with Crippen LogP contribution in [0.25, 0.3) is 0 Å². The summed E-state index contributed by atoms with van der Waals surface area (Å²) in [5, 5.41) is 2.78. The second-order valence-corrected chi connectivity index (χ2v) is 7.91. The Labute approximate surface area is 155 Å². The fourth-order valence-electron chi connectivity index (χ4n) is 2.64. The first-order valence-corrected chi connectivity index (χ1v) is 10.5. The van der Waals surface area contributed by atoms with E-state index in [0.717, 1.165) is 30.2 Å². The SMILES string of the molecule is CCOc1ccc(N(CC(=O)NCCN2CCOCC2)S(C)(=O)=O)cc1. The van der Waals surface area contributed by atoms with Crippen LogP contribution >= 0.6 is 0 Å². The summed E-state index contributed by atoms with van der Waals surface area (Å²) in [5.41, 5.74) is 0.430. The highest BCUT2D eigenvalue weighted by molar-refractivity contribution is 7.92. The molecule has 8 nitrogen and oxygen atoms in total. The Bertz CT molecular complexity index is 672. The van der Waals surface area contributed by atoms with Gasteiger partial charge in [-0.1, -0.05) is 0 Å². The predicted molar refractivity (Wildman–Crippen MR) is 100 cm³/mol. The van der Waals surface area contributed by atoms with E-state index in [9.17, 15) is 13.2 Å². The number of ether oxygens (including phenoxy) is 2. The molecule has 1 saturated heterocycles. The number of hydrogen-bond acceptors (Lipinski definition) is 6. The number of nitrogens with one attached hydrogen (secondary N) is 1. The second kappa shape index (κ2) is 9.75. The van der Waals surface area contributed by atoms with Crippen LogP contribution in [-0.2, 0) is 19.6 Å². The third-order valence-corrected chi connectivity index (χ3v) is 5.12. The maximum atomic E-state index is 12.2. The van der Waals surface area contributed by atoms with Gasteiger partial charge in [0.2, 0.25) is 15.9 Å². The zero-order chi connectivity index (χ0) is 19.0. The topological polar surface area (TPSA) is 88.2 Å². The van der Waals surface area contributed by atoms with E-state index in [2.05, 4.69) is 10.2 Å². The minimum atomic E-state index is -3.58. The predicted octanol–water partition coefficient (Wildman–Crippen LogP) is 0.300. The summed E-state index contributed by atoms with van der Waals surface area (Å²) in [4.78, 5) is 14.4. The molecule has 0 unspecified atom stereocenters. The molecule has 1 aromatic rings. The molecular weight excluding hydrogens is 358 g/mol. The number of morpholine rings is 1. The summed E-state index contributed by atoms with van der Waals surface area (Å²) in [6, 6.07) is 6.64. The van der Waals surface area contributed by atoms with E-state index < -0.39 is 10.0 Å². The highest BCUT2D eigenvalue weighted by Crippen LogP contribution is 2.21. The van der Waals surface area contributed by atoms with Gasteiger partial charge in [0, 0.05) is 26.2 Å². The lowest BCUT2D eigenvalue weighted by molar-refractivity contribution is -0.119. The number of sulfonamides is 1. The first-order chi connectivity index (χ1) is 12.4. The summed E-state index contributed by atoms with van der Waals surface area (Å²) >= 11 is 0. The van der Waals surface area contributed by atoms with Gasteiger partial charge < -0.3 is 14.8 Å². The Kier molecular flexibility index (Phi) is 7.67. The fraction of sp³-hybridized carbons (Fsp3) is 0.588. The maximum absolute atomic E-state index is 12.2. The van der Waals surface area contributed by atoms with Crippen molar-refractivity contribution in [2.45, 2.75) is 6.92 Å². The minimum absolute atomic E-state index is 0.254. The molecule has 0 radical (unpaired) electrons. The van der Waals surface area contributed by atoms with E-state index in [4.69, 9.17) is 9.47 Å². The number of nitrogens with zero attached hydrogens (tertiary/aromatic N) is 2. The third kappa shape index (κ3) is 6.47. The Hall–Kier alpha value is -1.84. The van der Waals surface area contributed by atoms with Gasteiger partial charge in [-0.3, -0.25) is 14.0 Å². The van der Waals surface area contributed by atoms with Gasteiger partial charge in [0.05, 0.1) is 31.8 Å². The molecule has 0 aliphatic carbocycles. The molecule has 0 saturated carbocycles. The first-order valence-electron chi connectivity index (χ1n) is 8.67. The quantitative estimate of drug-likeness (QED) is 0.658. The maximum Gasteiger partial charge on any atom is 0.240 e. The van der Waals surface area contributed by atoms with Crippen LogP contribution in [0.5, 0.6) is 5.75 Å². The van der Waals surface area contributed by atoms with Gasteiger partial charge in [0.1, 0.15) is 12.3 Å². The molecule has 1 heterocycles. The lowest BCUT2D eigenvalue weighted by Crippen LogP contribution is -2.44. The van der Waals surface area contributed by atoms with Crippen LogP contribution in [0.15, 0.2) is 24.3 Å². The Morgan fingerprint density at radius 3 is 2.50 bits per heavy atom. The van der Waals surface area contributed by atoms with Crippen LogP contribution in [0.1, 0.15) is 6.92 Å². The molecule has 0 atom stereocenters. The molecule has 0 spiro atoms. The van der Waals surface area contributed by atoms with E-state index in [1.165, 1.54) is 0 Å². The van der Waals surface area contributed by atoms with E-state index >= 15 is 0 Å². The van der Waals surface area contributed by atoms with Crippen molar-refractivity contribution in [3.05, 3.63) is 24.3 Å². The summed E-state index contributed by atoms with van der Waals surface area (Å²) in [6.07, 6.45) is 1.09. The van der Waals surface area contributed by atoms with Crippen molar-refractivity contribution in [2.24, 2.45) is 0 Å². The Balaban J connectivity index is 1.91. The fourth-order valence-corrected chi connectivity index (χ4v) is 3.50. The summed E-state index contributed by atoms with van der Waals surface area (Å²) < 4.78 is 35.9.